The van der Waals surface area contributed by atoms with Gasteiger partial charge in [-0.1, -0.05) is 29.8 Å². The van der Waals surface area contributed by atoms with Gasteiger partial charge in [0.05, 0.1) is 11.3 Å². The Balaban J connectivity index is 1.61. The van der Waals surface area contributed by atoms with E-state index in [4.69, 9.17) is 9.47 Å². The molecule has 32 heavy (non-hydrogen) atoms. The lowest BCUT2D eigenvalue weighted by Gasteiger charge is -2.16. The van der Waals surface area contributed by atoms with Gasteiger partial charge in [0.1, 0.15) is 17.3 Å². The second-order valence-electron chi connectivity index (χ2n) is 7.35. The molecule has 0 atom stereocenters. The molecule has 0 saturated heterocycles. The number of hydrogen-bond acceptors (Lipinski definition) is 5. The lowest BCUT2D eigenvalue weighted by molar-refractivity contribution is -0.120. The molecular formula is C24H16F2N2O4. The van der Waals surface area contributed by atoms with Crippen molar-refractivity contribution >= 4 is 28.8 Å². The Labute approximate surface area is 181 Å². The Morgan fingerprint density at radius 2 is 1.62 bits per heavy atom. The molecule has 0 spiro atoms. The van der Waals surface area contributed by atoms with Crippen molar-refractivity contribution in [3.05, 3.63) is 89.1 Å². The van der Waals surface area contributed by atoms with Gasteiger partial charge >= 0.3 is 0 Å². The fraction of sp³-hybridized carbons (Fsp3) is 0.0833. The molecule has 0 bridgehead atoms. The average molecular weight is 434 g/mol. The van der Waals surface area contributed by atoms with Crippen LogP contribution in [0.3, 0.4) is 0 Å². The quantitative estimate of drug-likeness (QED) is 0.617. The molecule has 0 fully saturated rings. The summed E-state index contributed by atoms with van der Waals surface area (Å²) in [5.41, 5.74) is 1.67. The number of fused-ring (bicyclic) bond motifs is 1. The van der Waals surface area contributed by atoms with E-state index in [1.54, 1.807) is 42.5 Å². The predicted octanol–water partition coefficient (Wildman–Crippen LogP) is 4.40. The molecule has 0 aromatic heterocycles. The summed E-state index contributed by atoms with van der Waals surface area (Å²) in [4.78, 5) is 27.3. The number of hydrogen-bond donors (Lipinski definition) is 1. The molecule has 5 rings (SSSR count). The Morgan fingerprint density at radius 3 is 2.38 bits per heavy atom. The molecule has 2 aliphatic heterocycles. The van der Waals surface area contributed by atoms with Crippen LogP contribution in [0.5, 0.6) is 11.5 Å². The van der Waals surface area contributed by atoms with E-state index < -0.39 is 23.4 Å². The first-order valence-electron chi connectivity index (χ1n) is 9.74. The van der Waals surface area contributed by atoms with E-state index >= 15 is 0 Å². The van der Waals surface area contributed by atoms with E-state index in [9.17, 15) is 18.4 Å². The molecule has 1 N–H and O–H groups in total. The number of rotatable bonds is 4. The van der Waals surface area contributed by atoms with Crippen LogP contribution in [0.4, 0.5) is 20.2 Å². The van der Waals surface area contributed by atoms with Crippen molar-refractivity contribution < 1.29 is 27.8 Å². The molecule has 0 radical (unpaired) electrons. The maximum atomic E-state index is 14.5. The maximum Gasteiger partial charge on any atom is 0.282 e. The monoisotopic (exact) mass is 434 g/mol. The number of ether oxygens (including phenoxy) is 2. The molecule has 3 aromatic carbocycles. The summed E-state index contributed by atoms with van der Waals surface area (Å²) in [6.07, 6.45) is 0. The third-order valence-electron chi connectivity index (χ3n) is 5.22. The fourth-order valence-electron chi connectivity index (χ4n) is 3.63. The van der Waals surface area contributed by atoms with Crippen LogP contribution in [-0.2, 0) is 9.59 Å². The van der Waals surface area contributed by atoms with Gasteiger partial charge in [0.15, 0.2) is 11.5 Å². The van der Waals surface area contributed by atoms with Gasteiger partial charge in [-0.25, -0.2) is 13.7 Å². The third-order valence-corrected chi connectivity index (χ3v) is 5.22. The van der Waals surface area contributed by atoms with Crippen LogP contribution >= 0.6 is 0 Å². The average Bonchev–Trinajstić information content (AvgIpc) is 3.32. The Hall–Kier alpha value is -4.20. The van der Waals surface area contributed by atoms with Gasteiger partial charge < -0.3 is 14.8 Å². The maximum absolute atomic E-state index is 14.5. The smallest absolute Gasteiger partial charge is 0.282 e. The summed E-state index contributed by atoms with van der Waals surface area (Å²) in [5.74, 6) is -2.24. The molecule has 2 heterocycles. The Bertz CT molecular complexity index is 1300. The van der Waals surface area contributed by atoms with Crippen molar-refractivity contribution in [3.63, 3.8) is 0 Å². The molecule has 2 amide bonds. The fourth-order valence-corrected chi connectivity index (χ4v) is 3.63. The van der Waals surface area contributed by atoms with E-state index in [0.717, 1.165) is 17.7 Å². The van der Waals surface area contributed by atoms with Gasteiger partial charge in [-0.15, -0.1) is 0 Å². The minimum atomic E-state index is -1.01. The molecule has 6 nitrogen and oxygen atoms in total. The highest BCUT2D eigenvalue weighted by molar-refractivity contribution is 6.46. The van der Waals surface area contributed by atoms with E-state index in [-0.39, 0.29) is 23.8 Å². The van der Waals surface area contributed by atoms with Crippen LogP contribution in [0.15, 0.2) is 66.4 Å². The highest BCUT2D eigenvalue weighted by Crippen LogP contribution is 2.38. The van der Waals surface area contributed by atoms with Crippen molar-refractivity contribution in [1.82, 2.24) is 0 Å². The molecular weight excluding hydrogens is 418 g/mol. The van der Waals surface area contributed by atoms with Crippen LogP contribution < -0.4 is 19.7 Å². The van der Waals surface area contributed by atoms with Crippen LogP contribution in [0.1, 0.15) is 11.1 Å². The number of carbonyl (C=O) groups excluding carboxylic acids is 2. The second-order valence-corrected chi connectivity index (χ2v) is 7.35. The van der Waals surface area contributed by atoms with Crippen molar-refractivity contribution in [2.45, 2.75) is 6.92 Å². The van der Waals surface area contributed by atoms with Gasteiger partial charge in [0.25, 0.3) is 11.8 Å². The molecule has 0 saturated carbocycles. The van der Waals surface area contributed by atoms with E-state index in [1.165, 1.54) is 0 Å². The molecule has 0 aliphatic carbocycles. The first-order valence-corrected chi connectivity index (χ1v) is 9.74. The highest BCUT2D eigenvalue weighted by atomic mass is 19.1. The molecule has 2 aliphatic rings. The summed E-state index contributed by atoms with van der Waals surface area (Å²) in [6, 6.07) is 14.7. The summed E-state index contributed by atoms with van der Waals surface area (Å²) in [7, 11) is 0. The number of carbonyl (C=O) groups is 2. The standard InChI is InChI=1S/C24H16F2N2O4/c1-13-2-4-14(5-3-13)21-22(27-16-7-9-19-20(11-16)32-12-31-19)24(30)28(23(21)29)18-8-6-15(25)10-17(18)26/h2-11,27H,12H2,1H3. The lowest BCUT2D eigenvalue weighted by Crippen LogP contribution is -2.33. The zero-order chi connectivity index (χ0) is 22.4. The van der Waals surface area contributed by atoms with Crippen molar-refractivity contribution in [1.29, 1.82) is 0 Å². The van der Waals surface area contributed by atoms with Crippen molar-refractivity contribution in [3.8, 4) is 11.5 Å². The lowest BCUT2D eigenvalue weighted by atomic mass is 10.0. The number of imide groups is 1. The highest BCUT2D eigenvalue weighted by Gasteiger charge is 2.41. The van der Waals surface area contributed by atoms with Gasteiger partial charge in [-0.3, -0.25) is 9.59 Å². The van der Waals surface area contributed by atoms with Gasteiger partial charge in [-0.05, 0) is 36.8 Å². The van der Waals surface area contributed by atoms with Gasteiger partial charge in [-0.2, -0.15) is 0 Å². The van der Waals surface area contributed by atoms with Crippen LogP contribution in [-0.4, -0.2) is 18.6 Å². The first-order chi connectivity index (χ1) is 15.4. The SMILES string of the molecule is Cc1ccc(C2=C(Nc3ccc4c(c3)OCO4)C(=O)N(c3ccc(F)cc3F)C2=O)cc1. The van der Waals surface area contributed by atoms with Crippen LogP contribution in [0.2, 0.25) is 0 Å². The molecule has 160 valence electrons. The zero-order valence-electron chi connectivity index (χ0n) is 16.8. The summed E-state index contributed by atoms with van der Waals surface area (Å²) >= 11 is 0. The molecule has 0 unspecified atom stereocenters. The summed E-state index contributed by atoms with van der Waals surface area (Å²) in [6.45, 7) is 1.98. The Morgan fingerprint density at radius 1 is 0.875 bits per heavy atom. The zero-order valence-corrected chi connectivity index (χ0v) is 16.8. The predicted molar refractivity (Wildman–Crippen MR) is 113 cm³/mol. The number of benzene rings is 3. The third kappa shape index (κ3) is 3.26. The molecule has 8 heteroatoms. The van der Waals surface area contributed by atoms with Crippen molar-refractivity contribution in [2.75, 3.05) is 17.0 Å². The first kappa shape index (κ1) is 19.7. The topological polar surface area (TPSA) is 67.9 Å². The van der Waals surface area contributed by atoms with E-state index in [1.807, 2.05) is 6.92 Å². The normalized spacial score (nSPS) is 15.0. The van der Waals surface area contributed by atoms with Gasteiger partial charge in [0, 0.05) is 17.8 Å². The minimum absolute atomic E-state index is 0.0264. The van der Waals surface area contributed by atoms with Gasteiger partial charge in [0.2, 0.25) is 6.79 Å². The van der Waals surface area contributed by atoms with E-state index in [2.05, 4.69) is 5.32 Å². The summed E-state index contributed by atoms with van der Waals surface area (Å²) < 4.78 is 38.6. The Kier molecular flexibility index (Phi) is 4.62. The largest absolute Gasteiger partial charge is 0.454 e. The second kappa shape index (κ2) is 7.49. The number of nitrogens with one attached hydrogen (secondary N) is 1. The number of amides is 2. The number of nitrogens with zero attached hydrogens (tertiary/aromatic N) is 1. The van der Waals surface area contributed by atoms with Crippen LogP contribution in [0.25, 0.3) is 5.57 Å². The summed E-state index contributed by atoms with van der Waals surface area (Å²) in [5, 5.41) is 2.98. The minimum Gasteiger partial charge on any atom is -0.454 e. The van der Waals surface area contributed by atoms with E-state index in [0.29, 0.717) is 33.7 Å². The van der Waals surface area contributed by atoms with Crippen molar-refractivity contribution in [2.24, 2.45) is 0 Å². The number of anilines is 2. The number of aryl methyl sites for hydroxylation is 1. The number of halogens is 2. The molecule has 3 aromatic rings. The van der Waals surface area contributed by atoms with Crippen LogP contribution in [0, 0.1) is 18.6 Å².